The highest BCUT2D eigenvalue weighted by molar-refractivity contribution is 5.50. The molecule has 108 valence electrons. The van der Waals surface area contributed by atoms with Gasteiger partial charge in [0.15, 0.2) is 11.5 Å². The van der Waals surface area contributed by atoms with Gasteiger partial charge in [-0.3, -0.25) is 0 Å². The lowest BCUT2D eigenvalue weighted by atomic mass is 9.92. The molecule has 2 aliphatic rings. The van der Waals surface area contributed by atoms with Crippen molar-refractivity contribution in [1.82, 2.24) is 0 Å². The van der Waals surface area contributed by atoms with Gasteiger partial charge in [-0.15, -0.1) is 0 Å². The smallest absolute Gasteiger partial charge is 0.231 e. The van der Waals surface area contributed by atoms with E-state index in [0.717, 1.165) is 30.9 Å². The highest BCUT2D eigenvalue weighted by Crippen LogP contribution is 2.48. The maximum Gasteiger partial charge on any atom is 0.231 e. The Hall–Kier alpha value is -2.00. The number of hydrogen-bond donors (Lipinski definition) is 1. The average molecular weight is 281 g/mol. The highest BCUT2D eigenvalue weighted by atomic mass is 16.7. The van der Waals surface area contributed by atoms with Crippen molar-refractivity contribution in [3.63, 3.8) is 0 Å². The van der Waals surface area contributed by atoms with E-state index in [1.54, 1.807) is 0 Å². The van der Waals surface area contributed by atoms with Crippen LogP contribution < -0.4 is 15.2 Å². The molecule has 0 saturated carbocycles. The van der Waals surface area contributed by atoms with Crippen LogP contribution in [0.4, 0.5) is 0 Å². The van der Waals surface area contributed by atoms with Gasteiger partial charge >= 0.3 is 0 Å². The molecule has 2 aromatic rings. The second kappa shape index (κ2) is 5.08. The molecule has 0 fully saturated rings. The summed E-state index contributed by atoms with van der Waals surface area (Å²) in [6.45, 7) is 1.07. The Balaban J connectivity index is 1.73. The normalized spacial score (nSPS) is 22.3. The van der Waals surface area contributed by atoms with Gasteiger partial charge in [-0.2, -0.15) is 0 Å². The Morgan fingerprint density at radius 1 is 1.00 bits per heavy atom. The van der Waals surface area contributed by atoms with E-state index in [2.05, 4.69) is 36.4 Å². The minimum absolute atomic E-state index is 0.329. The summed E-state index contributed by atoms with van der Waals surface area (Å²) in [4.78, 5) is 0. The molecule has 2 aromatic carbocycles. The first-order valence-electron chi connectivity index (χ1n) is 7.55. The van der Waals surface area contributed by atoms with Crippen LogP contribution in [0.5, 0.6) is 11.5 Å². The number of hydrogen-bond acceptors (Lipinski definition) is 3. The largest absolute Gasteiger partial charge is 0.454 e. The third kappa shape index (κ3) is 2.09. The first-order chi connectivity index (χ1) is 10.4. The zero-order chi connectivity index (χ0) is 14.2. The monoisotopic (exact) mass is 281 g/mol. The molecule has 0 saturated heterocycles. The summed E-state index contributed by atoms with van der Waals surface area (Å²) in [7, 11) is 0. The predicted molar refractivity (Wildman–Crippen MR) is 81.9 cm³/mol. The van der Waals surface area contributed by atoms with Crippen molar-refractivity contribution < 1.29 is 9.47 Å². The highest BCUT2D eigenvalue weighted by Gasteiger charge is 2.31. The zero-order valence-corrected chi connectivity index (χ0v) is 11.9. The predicted octanol–water partition coefficient (Wildman–Crippen LogP) is 3.38. The maximum atomic E-state index is 5.79. The lowest BCUT2D eigenvalue weighted by Crippen LogP contribution is -2.05. The number of fused-ring (bicyclic) bond motifs is 2. The Kier molecular flexibility index (Phi) is 3.08. The molecule has 0 aromatic heterocycles. The Morgan fingerprint density at radius 2 is 1.81 bits per heavy atom. The number of ether oxygens (including phenoxy) is 2. The summed E-state index contributed by atoms with van der Waals surface area (Å²) < 4.78 is 10.9. The van der Waals surface area contributed by atoms with Crippen LogP contribution in [0, 0.1) is 0 Å². The summed E-state index contributed by atoms with van der Waals surface area (Å²) >= 11 is 0. The van der Waals surface area contributed by atoms with Crippen LogP contribution in [0.3, 0.4) is 0 Å². The fourth-order valence-electron chi connectivity index (χ4n) is 3.66. The molecule has 0 spiro atoms. The van der Waals surface area contributed by atoms with Crippen molar-refractivity contribution in [1.29, 1.82) is 0 Å². The molecule has 1 aliphatic carbocycles. The van der Waals surface area contributed by atoms with Crippen LogP contribution in [-0.2, 0) is 0 Å². The zero-order valence-electron chi connectivity index (χ0n) is 11.9. The van der Waals surface area contributed by atoms with E-state index in [0.29, 0.717) is 18.6 Å². The third-order valence-electron chi connectivity index (χ3n) is 4.65. The summed E-state index contributed by atoms with van der Waals surface area (Å²) in [5, 5.41) is 0. The topological polar surface area (TPSA) is 44.5 Å². The third-order valence-corrected chi connectivity index (χ3v) is 4.65. The van der Waals surface area contributed by atoms with Gasteiger partial charge in [-0.05, 0) is 54.1 Å². The molecule has 2 N–H and O–H groups in total. The molecule has 2 atom stereocenters. The standard InChI is InChI=1S/C18H19NO2/c19-8-7-13-9-16(15-4-2-1-3-14(13)15)12-5-6-17-18(10-12)21-11-20-17/h1-6,10,13,16H,7-9,11,19H2/t13-,16-/m1/s1. The number of benzene rings is 2. The van der Waals surface area contributed by atoms with Gasteiger partial charge in [0.05, 0.1) is 0 Å². The van der Waals surface area contributed by atoms with Gasteiger partial charge in [0.2, 0.25) is 6.79 Å². The van der Waals surface area contributed by atoms with Crippen LogP contribution in [0.15, 0.2) is 42.5 Å². The fraction of sp³-hybridized carbons (Fsp3) is 0.333. The SMILES string of the molecule is NCC[C@@H]1C[C@H](c2ccc3c(c2)OCO3)c2ccccc21. The van der Waals surface area contributed by atoms with E-state index in [-0.39, 0.29) is 0 Å². The molecule has 3 heteroatoms. The van der Waals surface area contributed by atoms with E-state index < -0.39 is 0 Å². The quantitative estimate of drug-likeness (QED) is 0.938. The summed E-state index contributed by atoms with van der Waals surface area (Å²) in [5.74, 6) is 2.73. The van der Waals surface area contributed by atoms with Crippen LogP contribution in [0.25, 0.3) is 0 Å². The molecule has 21 heavy (non-hydrogen) atoms. The van der Waals surface area contributed by atoms with E-state index in [4.69, 9.17) is 15.2 Å². The minimum atomic E-state index is 0.329. The Bertz CT molecular complexity index is 668. The summed E-state index contributed by atoms with van der Waals surface area (Å²) in [6.07, 6.45) is 2.19. The van der Waals surface area contributed by atoms with Gasteiger partial charge in [-0.1, -0.05) is 30.3 Å². The van der Waals surface area contributed by atoms with Crippen LogP contribution >= 0.6 is 0 Å². The van der Waals surface area contributed by atoms with Crippen molar-refractivity contribution in [3.8, 4) is 11.5 Å². The molecule has 0 unspecified atom stereocenters. The Morgan fingerprint density at radius 3 is 2.67 bits per heavy atom. The first-order valence-corrected chi connectivity index (χ1v) is 7.55. The molecule has 4 rings (SSSR count). The molecule has 1 aliphatic heterocycles. The maximum absolute atomic E-state index is 5.79. The number of nitrogens with two attached hydrogens (primary N) is 1. The van der Waals surface area contributed by atoms with Crippen molar-refractivity contribution in [2.24, 2.45) is 5.73 Å². The van der Waals surface area contributed by atoms with Crippen molar-refractivity contribution in [2.75, 3.05) is 13.3 Å². The van der Waals surface area contributed by atoms with Crippen LogP contribution in [-0.4, -0.2) is 13.3 Å². The lowest BCUT2D eigenvalue weighted by Gasteiger charge is -2.13. The molecule has 0 radical (unpaired) electrons. The van der Waals surface area contributed by atoms with Gasteiger partial charge in [0.1, 0.15) is 0 Å². The second-order valence-corrected chi connectivity index (χ2v) is 5.80. The fourth-order valence-corrected chi connectivity index (χ4v) is 3.66. The summed E-state index contributed by atoms with van der Waals surface area (Å²) in [6, 6.07) is 15.1. The van der Waals surface area contributed by atoms with Crippen LogP contribution in [0.1, 0.15) is 41.4 Å². The second-order valence-electron chi connectivity index (χ2n) is 5.80. The van der Waals surface area contributed by atoms with E-state index in [1.807, 2.05) is 6.07 Å². The van der Waals surface area contributed by atoms with E-state index in [1.165, 1.54) is 16.7 Å². The average Bonchev–Trinajstić information content (AvgIpc) is 3.12. The molecule has 3 nitrogen and oxygen atoms in total. The first kappa shape index (κ1) is 12.7. The Labute approximate surface area is 124 Å². The van der Waals surface area contributed by atoms with Gasteiger partial charge < -0.3 is 15.2 Å². The van der Waals surface area contributed by atoms with Crippen molar-refractivity contribution >= 4 is 0 Å². The van der Waals surface area contributed by atoms with Crippen molar-refractivity contribution in [3.05, 3.63) is 59.2 Å². The van der Waals surface area contributed by atoms with Gasteiger partial charge in [0, 0.05) is 5.92 Å². The van der Waals surface area contributed by atoms with Gasteiger partial charge in [-0.25, -0.2) is 0 Å². The number of rotatable bonds is 3. The molecule has 0 bridgehead atoms. The molecular formula is C18H19NO2. The van der Waals surface area contributed by atoms with E-state index >= 15 is 0 Å². The van der Waals surface area contributed by atoms with Crippen LogP contribution in [0.2, 0.25) is 0 Å². The molecule has 0 amide bonds. The molecule has 1 heterocycles. The van der Waals surface area contributed by atoms with E-state index in [9.17, 15) is 0 Å². The van der Waals surface area contributed by atoms with Gasteiger partial charge in [0.25, 0.3) is 0 Å². The molecular weight excluding hydrogens is 262 g/mol. The summed E-state index contributed by atoms with van der Waals surface area (Å²) in [5.41, 5.74) is 10.0. The van der Waals surface area contributed by atoms with Crippen molar-refractivity contribution in [2.45, 2.75) is 24.7 Å². The lowest BCUT2D eigenvalue weighted by molar-refractivity contribution is 0.174. The minimum Gasteiger partial charge on any atom is -0.454 e.